The van der Waals surface area contributed by atoms with E-state index < -0.39 is 12.1 Å². The summed E-state index contributed by atoms with van der Waals surface area (Å²) in [6.07, 6.45) is 1.57. The van der Waals surface area contributed by atoms with Crippen LogP contribution in [0.2, 0.25) is 0 Å². The van der Waals surface area contributed by atoms with Gasteiger partial charge in [0.25, 0.3) is 5.56 Å². The Balaban J connectivity index is 1.80. The first kappa shape index (κ1) is 24.6. The van der Waals surface area contributed by atoms with Crippen molar-refractivity contribution in [1.29, 1.82) is 0 Å². The van der Waals surface area contributed by atoms with Crippen molar-refractivity contribution in [2.45, 2.75) is 45.9 Å². The maximum absolute atomic E-state index is 12.7. The summed E-state index contributed by atoms with van der Waals surface area (Å²) >= 11 is 1.10. The van der Waals surface area contributed by atoms with Crippen molar-refractivity contribution in [1.82, 2.24) is 14.9 Å². The predicted octanol–water partition coefficient (Wildman–Crippen LogP) is 2.38. The van der Waals surface area contributed by atoms with E-state index in [0.717, 1.165) is 11.3 Å². The molecule has 33 heavy (non-hydrogen) atoms. The van der Waals surface area contributed by atoms with Gasteiger partial charge in [-0.15, -0.1) is 11.3 Å². The summed E-state index contributed by atoms with van der Waals surface area (Å²) in [5, 5.41) is 10.8. The molecule has 0 unspecified atom stereocenters. The Labute approximate surface area is 194 Å². The minimum absolute atomic E-state index is 0.136. The van der Waals surface area contributed by atoms with Gasteiger partial charge in [0.15, 0.2) is 0 Å². The van der Waals surface area contributed by atoms with Crippen LogP contribution in [-0.2, 0) is 27.4 Å². The van der Waals surface area contributed by atoms with Gasteiger partial charge in [0, 0.05) is 13.0 Å². The number of hydrogen-bond acceptors (Lipinski definition) is 10. The van der Waals surface area contributed by atoms with Crippen LogP contribution < -0.4 is 5.56 Å². The third-order valence-corrected chi connectivity index (χ3v) is 6.08. The zero-order valence-electron chi connectivity index (χ0n) is 18.8. The number of furan rings is 1. The topological polar surface area (TPSA) is 135 Å². The van der Waals surface area contributed by atoms with E-state index in [9.17, 15) is 19.5 Å². The second-order valence-corrected chi connectivity index (χ2v) is 8.58. The summed E-state index contributed by atoms with van der Waals surface area (Å²) in [6, 6.07) is 3.55. The molecule has 0 aliphatic carbocycles. The van der Waals surface area contributed by atoms with E-state index in [1.807, 2.05) is 11.8 Å². The Morgan fingerprint density at radius 2 is 2.15 bits per heavy atom. The van der Waals surface area contributed by atoms with E-state index >= 15 is 0 Å². The van der Waals surface area contributed by atoms with Crippen molar-refractivity contribution in [3.63, 3.8) is 0 Å². The summed E-state index contributed by atoms with van der Waals surface area (Å²) < 4.78 is 15.3. The van der Waals surface area contributed by atoms with Crippen LogP contribution in [0, 0.1) is 6.92 Å². The molecule has 0 saturated carbocycles. The lowest BCUT2D eigenvalue weighted by Crippen LogP contribution is -2.35. The molecule has 0 aliphatic rings. The number of thiophene rings is 1. The summed E-state index contributed by atoms with van der Waals surface area (Å²) in [7, 11) is 1.28. The van der Waals surface area contributed by atoms with Gasteiger partial charge < -0.3 is 24.0 Å². The van der Waals surface area contributed by atoms with Gasteiger partial charge in [-0.1, -0.05) is 6.92 Å². The molecule has 0 spiro atoms. The molecular formula is C22H27N3O7S. The Hall–Kier alpha value is -3.02. The number of fused-ring (bicyclic) bond motifs is 1. The van der Waals surface area contributed by atoms with Crippen LogP contribution in [-0.4, -0.2) is 58.3 Å². The van der Waals surface area contributed by atoms with E-state index in [4.69, 9.17) is 13.9 Å². The van der Waals surface area contributed by atoms with Crippen molar-refractivity contribution in [3.05, 3.63) is 50.8 Å². The monoisotopic (exact) mass is 477 g/mol. The van der Waals surface area contributed by atoms with Gasteiger partial charge in [-0.2, -0.15) is 0 Å². The molecule has 0 fully saturated rings. The molecule has 0 radical (unpaired) electrons. The van der Waals surface area contributed by atoms with Crippen LogP contribution in [0.25, 0.3) is 10.2 Å². The quantitative estimate of drug-likeness (QED) is 0.399. The van der Waals surface area contributed by atoms with Crippen LogP contribution in [0.5, 0.6) is 0 Å². The third-order valence-electron chi connectivity index (χ3n) is 4.91. The number of methoxy groups -OCH3 is 1. The van der Waals surface area contributed by atoms with Crippen LogP contribution in [0.3, 0.4) is 0 Å². The fourth-order valence-corrected chi connectivity index (χ4v) is 4.51. The average Bonchev–Trinajstić information content (AvgIpc) is 3.39. The fourth-order valence-electron chi connectivity index (χ4n) is 3.39. The molecule has 2 N–H and O–H groups in total. The maximum atomic E-state index is 12.7. The molecule has 0 bridgehead atoms. The van der Waals surface area contributed by atoms with Gasteiger partial charge in [-0.25, -0.2) is 9.78 Å². The first-order valence-corrected chi connectivity index (χ1v) is 11.3. The van der Waals surface area contributed by atoms with E-state index in [0.29, 0.717) is 51.6 Å². The average molecular weight is 478 g/mol. The molecule has 1 atom stereocenters. The number of rotatable bonds is 11. The Bertz CT molecular complexity index is 1150. The lowest BCUT2D eigenvalue weighted by molar-refractivity contribution is -0.147. The van der Waals surface area contributed by atoms with Gasteiger partial charge >= 0.3 is 11.9 Å². The number of carbonyl (C=O) groups is 2. The van der Waals surface area contributed by atoms with Crippen molar-refractivity contribution < 1.29 is 28.6 Å². The minimum atomic E-state index is -0.939. The van der Waals surface area contributed by atoms with E-state index in [2.05, 4.69) is 9.97 Å². The lowest BCUT2D eigenvalue weighted by atomic mass is 10.2. The van der Waals surface area contributed by atoms with Gasteiger partial charge in [-0.05, 0) is 31.0 Å². The molecule has 3 aromatic heterocycles. The van der Waals surface area contributed by atoms with Crippen molar-refractivity contribution in [3.8, 4) is 0 Å². The highest BCUT2D eigenvalue weighted by atomic mass is 32.1. The number of ether oxygens (including phenoxy) is 2. The number of H-pyrrole nitrogens is 1. The number of aryl methyl sites for hydroxylation is 1. The molecule has 0 amide bonds. The number of aliphatic hydroxyl groups excluding tert-OH is 1. The van der Waals surface area contributed by atoms with Crippen molar-refractivity contribution in [2.24, 2.45) is 0 Å². The fraction of sp³-hybridized carbons (Fsp3) is 0.455. The van der Waals surface area contributed by atoms with Crippen LogP contribution in [0.1, 0.15) is 46.6 Å². The first-order chi connectivity index (χ1) is 15.8. The Morgan fingerprint density at radius 1 is 1.36 bits per heavy atom. The number of aromatic amines is 1. The maximum Gasteiger partial charge on any atom is 0.348 e. The van der Waals surface area contributed by atoms with Crippen molar-refractivity contribution in [2.75, 3.05) is 20.3 Å². The first-order valence-electron chi connectivity index (χ1n) is 10.5. The molecule has 3 heterocycles. The normalized spacial score (nSPS) is 12.3. The number of nitrogens with one attached hydrogen (secondary N) is 1. The number of aliphatic hydroxyl groups is 1. The van der Waals surface area contributed by atoms with E-state index in [-0.39, 0.29) is 31.2 Å². The Morgan fingerprint density at radius 3 is 2.82 bits per heavy atom. The van der Waals surface area contributed by atoms with Gasteiger partial charge in [0.2, 0.25) is 0 Å². The summed E-state index contributed by atoms with van der Waals surface area (Å²) in [6.45, 7) is 4.10. The molecule has 0 saturated heterocycles. The smallest absolute Gasteiger partial charge is 0.348 e. The molecule has 0 aromatic carbocycles. The molecular weight excluding hydrogens is 450 g/mol. The number of esters is 2. The molecule has 11 heteroatoms. The van der Waals surface area contributed by atoms with Crippen LogP contribution in [0.15, 0.2) is 27.6 Å². The number of hydrogen-bond donors (Lipinski definition) is 2. The SMILES string of the molecule is CCCC(=O)OC[C@@H](O)CN(Cc1nc2sc(C(=O)OC)c(C)c2c(=O)[nH]1)Cc1ccco1. The summed E-state index contributed by atoms with van der Waals surface area (Å²) in [5.74, 6) is 0.150. The molecule has 178 valence electrons. The van der Waals surface area contributed by atoms with Crippen LogP contribution >= 0.6 is 11.3 Å². The highest BCUT2D eigenvalue weighted by Crippen LogP contribution is 2.27. The van der Waals surface area contributed by atoms with Crippen LogP contribution in [0.4, 0.5) is 0 Å². The minimum Gasteiger partial charge on any atom is -0.468 e. The predicted molar refractivity (Wildman–Crippen MR) is 121 cm³/mol. The molecule has 10 nitrogen and oxygen atoms in total. The number of carbonyl (C=O) groups excluding carboxylic acids is 2. The van der Waals surface area contributed by atoms with Crippen molar-refractivity contribution >= 4 is 33.5 Å². The second-order valence-electron chi connectivity index (χ2n) is 7.58. The highest BCUT2D eigenvalue weighted by Gasteiger charge is 2.21. The molecule has 3 aromatic rings. The van der Waals surface area contributed by atoms with Gasteiger partial charge in [0.05, 0.1) is 31.8 Å². The van der Waals surface area contributed by atoms with Gasteiger partial charge in [0.1, 0.15) is 34.0 Å². The molecule has 0 aliphatic heterocycles. The standard InChI is InChI=1S/C22H27N3O7S/c1-4-6-17(27)32-12-14(26)9-25(10-15-7-5-8-31-15)11-16-23-20(28)18-13(2)19(22(29)30-3)33-21(18)24-16/h5,7-8,14,26H,4,6,9-12H2,1-3H3,(H,23,24,28)/t14-/m0/s1. The third kappa shape index (κ3) is 6.28. The summed E-state index contributed by atoms with van der Waals surface area (Å²) in [5.41, 5.74) is 0.171. The lowest BCUT2D eigenvalue weighted by Gasteiger charge is -2.23. The number of aromatic nitrogens is 2. The van der Waals surface area contributed by atoms with Gasteiger partial charge in [-0.3, -0.25) is 14.5 Å². The zero-order valence-corrected chi connectivity index (χ0v) is 19.6. The van der Waals surface area contributed by atoms with E-state index in [1.165, 1.54) is 7.11 Å². The zero-order chi connectivity index (χ0) is 24.0. The highest BCUT2D eigenvalue weighted by molar-refractivity contribution is 7.20. The number of nitrogens with zero attached hydrogens (tertiary/aromatic N) is 2. The second kappa shape index (κ2) is 11.2. The van der Waals surface area contributed by atoms with E-state index in [1.54, 1.807) is 25.3 Å². The molecule has 3 rings (SSSR count). The summed E-state index contributed by atoms with van der Waals surface area (Å²) in [4.78, 5) is 46.2. The largest absolute Gasteiger partial charge is 0.468 e. The Kier molecular flexibility index (Phi) is 8.37.